The first-order valence-electron chi connectivity index (χ1n) is 7.84. The van der Waals surface area contributed by atoms with Crippen molar-refractivity contribution in [3.8, 4) is 0 Å². The number of halogens is 1. The summed E-state index contributed by atoms with van der Waals surface area (Å²) in [6, 6.07) is 5.07. The van der Waals surface area contributed by atoms with Gasteiger partial charge in [-0.2, -0.15) is 0 Å². The number of hydrogen-bond donors (Lipinski definition) is 2. The van der Waals surface area contributed by atoms with Crippen LogP contribution in [0.4, 0.5) is 20.6 Å². The van der Waals surface area contributed by atoms with Gasteiger partial charge in [-0.3, -0.25) is 5.32 Å². The Kier molecular flexibility index (Phi) is 4.94. The van der Waals surface area contributed by atoms with E-state index in [1.54, 1.807) is 32.9 Å². The number of carbonyl (C=O) groups is 1. The maximum absolute atomic E-state index is 13.9. The van der Waals surface area contributed by atoms with Gasteiger partial charge in [-0.25, -0.2) is 9.18 Å². The number of carbonyl (C=O) groups excluding carboxylic acids is 1. The summed E-state index contributed by atoms with van der Waals surface area (Å²) in [5.41, 5.74) is 0.325. The molecule has 0 aliphatic heterocycles. The van der Waals surface area contributed by atoms with Crippen LogP contribution in [0.1, 0.15) is 47.0 Å². The van der Waals surface area contributed by atoms with E-state index in [1.165, 1.54) is 18.9 Å². The van der Waals surface area contributed by atoms with Crippen molar-refractivity contribution in [1.29, 1.82) is 0 Å². The first kappa shape index (κ1) is 16.6. The first-order chi connectivity index (χ1) is 10.3. The predicted molar refractivity (Wildman–Crippen MR) is 86.7 cm³/mol. The Labute approximate surface area is 131 Å². The summed E-state index contributed by atoms with van der Waals surface area (Å²) in [4.78, 5) is 11.8. The van der Waals surface area contributed by atoms with Crippen molar-refractivity contribution in [2.75, 3.05) is 10.6 Å². The predicted octanol–water partition coefficient (Wildman–Crippen LogP) is 4.77. The Balaban J connectivity index is 2.04. The van der Waals surface area contributed by atoms with Gasteiger partial charge >= 0.3 is 6.09 Å². The minimum atomic E-state index is -0.655. The molecule has 2 rings (SSSR count). The fraction of sp³-hybridized carbons (Fsp3) is 0.588. The van der Waals surface area contributed by atoms with E-state index < -0.39 is 17.5 Å². The number of anilines is 2. The molecular weight excluding hydrogens is 283 g/mol. The lowest BCUT2D eigenvalue weighted by Gasteiger charge is -2.21. The van der Waals surface area contributed by atoms with Crippen LogP contribution in [-0.2, 0) is 4.74 Å². The van der Waals surface area contributed by atoms with Crippen molar-refractivity contribution >= 4 is 17.5 Å². The normalized spacial score (nSPS) is 16.0. The third kappa shape index (κ3) is 4.90. The van der Waals surface area contributed by atoms with Crippen LogP contribution < -0.4 is 10.6 Å². The van der Waals surface area contributed by atoms with Crippen LogP contribution >= 0.6 is 0 Å². The largest absolute Gasteiger partial charge is 0.444 e. The fourth-order valence-corrected chi connectivity index (χ4v) is 2.39. The molecule has 1 atom stereocenters. The van der Waals surface area contributed by atoms with Gasteiger partial charge in [-0.05, 0) is 64.2 Å². The van der Waals surface area contributed by atoms with Crippen LogP contribution in [-0.4, -0.2) is 17.7 Å². The third-order valence-electron chi connectivity index (χ3n) is 3.58. The van der Waals surface area contributed by atoms with Gasteiger partial charge < -0.3 is 10.1 Å². The number of rotatable bonds is 5. The second-order valence-electron chi connectivity index (χ2n) is 6.82. The molecule has 0 aromatic heterocycles. The molecule has 1 aromatic rings. The summed E-state index contributed by atoms with van der Waals surface area (Å²) >= 11 is 0. The van der Waals surface area contributed by atoms with Crippen molar-refractivity contribution in [3.05, 3.63) is 24.0 Å². The van der Waals surface area contributed by atoms with E-state index in [2.05, 4.69) is 17.6 Å². The Morgan fingerprint density at radius 1 is 1.41 bits per heavy atom. The Hall–Kier alpha value is -1.78. The van der Waals surface area contributed by atoms with Gasteiger partial charge in [-0.1, -0.05) is 6.92 Å². The molecule has 1 aliphatic carbocycles. The maximum atomic E-state index is 13.9. The molecule has 0 radical (unpaired) electrons. The minimum Gasteiger partial charge on any atom is -0.444 e. The molecule has 5 heteroatoms. The zero-order valence-corrected chi connectivity index (χ0v) is 13.7. The molecule has 2 N–H and O–H groups in total. The quantitative estimate of drug-likeness (QED) is 0.823. The Bertz CT molecular complexity index is 536. The molecule has 0 saturated heterocycles. The molecule has 1 fully saturated rings. The van der Waals surface area contributed by atoms with E-state index in [0.29, 0.717) is 12.0 Å². The van der Waals surface area contributed by atoms with Crippen molar-refractivity contribution in [2.24, 2.45) is 5.92 Å². The zero-order chi connectivity index (χ0) is 16.3. The van der Waals surface area contributed by atoms with Gasteiger partial charge in [0.25, 0.3) is 0 Å². The van der Waals surface area contributed by atoms with Crippen molar-refractivity contribution in [3.63, 3.8) is 0 Å². The highest BCUT2D eigenvalue weighted by molar-refractivity contribution is 5.85. The summed E-state index contributed by atoms with van der Waals surface area (Å²) in [6.07, 6.45) is 2.86. The Morgan fingerprint density at radius 2 is 2.09 bits per heavy atom. The molecule has 1 amide bonds. The van der Waals surface area contributed by atoms with Crippen LogP contribution in [0.5, 0.6) is 0 Å². The number of hydrogen-bond acceptors (Lipinski definition) is 3. The number of benzene rings is 1. The van der Waals surface area contributed by atoms with E-state index in [-0.39, 0.29) is 5.69 Å². The van der Waals surface area contributed by atoms with E-state index in [0.717, 1.165) is 12.1 Å². The molecule has 122 valence electrons. The summed E-state index contributed by atoms with van der Waals surface area (Å²) in [7, 11) is 0. The van der Waals surface area contributed by atoms with Crippen molar-refractivity contribution in [2.45, 2.75) is 58.6 Å². The first-order valence-corrected chi connectivity index (χ1v) is 7.84. The van der Waals surface area contributed by atoms with Gasteiger partial charge in [0.2, 0.25) is 0 Å². The minimum absolute atomic E-state index is 0.130. The zero-order valence-electron chi connectivity index (χ0n) is 13.7. The molecule has 22 heavy (non-hydrogen) atoms. The average molecular weight is 308 g/mol. The number of ether oxygens (including phenoxy) is 1. The molecule has 0 heterocycles. The Morgan fingerprint density at radius 3 is 2.64 bits per heavy atom. The molecule has 1 aliphatic rings. The highest BCUT2D eigenvalue weighted by atomic mass is 19.1. The van der Waals surface area contributed by atoms with Crippen LogP contribution in [0, 0.1) is 11.7 Å². The van der Waals surface area contributed by atoms with E-state index >= 15 is 0 Å². The van der Waals surface area contributed by atoms with Crippen LogP contribution in [0.2, 0.25) is 0 Å². The lowest BCUT2D eigenvalue weighted by Crippen LogP contribution is -2.27. The van der Waals surface area contributed by atoms with E-state index in [1.807, 2.05) is 0 Å². The molecule has 1 saturated carbocycles. The van der Waals surface area contributed by atoms with E-state index in [9.17, 15) is 9.18 Å². The SMILES string of the molecule is CCC(Nc1ccc(F)c(NC(=O)OC(C)(C)C)c1)C1CC1. The second kappa shape index (κ2) is 6.55. The molecule has 0 bridgehead atoms. The molecular formula is C17H25FN2O2. The van der Waals surface area contributed by atoms with Crippen LogP contribution in [0.15, 0.2) is 18.2 Å². The van der Waals surface area contributed by atoms with Crippen LogP contribution in [0.3, 0.4) is 0 Å². The van der Waals surface area contributed by atoms with Gasteiger partial charge in [0, 0.05) is 11.7 Å². The smallest absolute Gasteiger partial charge is 0.412 e. The summed E-state index contributed by atoms with van der Waals surface area (Å²) in [6.45, 7) is 7.44. The fourth-order valence-electron chi connectivity index (χ4n) is 2.39. The van der Waals surface area contributed by atoms with Crippen molar-refractivity contribution in [1.82, 2.24) is 0 Å². The van der Waals surface area contributed by atoms with Crippen molar-refractivity contribution < 1.29 is 13.9 Å². The second-order valence-corrected chi connectivity index (χ2v) is 6.82. The molecule has 1 unspecified atom stereocenters. The third-order valence-corrected chi connectivity index (χ3v) is 3.58. The van der Waals surface area contributed by atoms with Gasteiger partial charge in [0.05, 0.1) is 5.69 Å². The maximum Gasteiger partial charge on any atom is 0.412 e. The molecule has 4 nitrogen and oxygen atoms in total. The molecule has 0 spiro atoms. The lowest BCUT2D eigenvalue weighted by molar-refractivity contribution is 0.0635. The summed E-state index contributed by atoms with van der Waals surface area (Å²) in [5, 5.41) is 5.89. The topological polar surface area (TPSA) is 50.4 Å². The van der Waals surface area contributed by atoms with Crippen LogP contribution in [0.25, 0.3) is 0 Å². The molecule has 1 aromatic carbocycles. The highest BCUT2D eigenvalue weighted by Crippen LogP contribution is 2.36. The average Bonchev–Trinajstić information content (AvgIpc) is 3.21. The highest BCUT2D eigenvalue weighted by Gasteiger charge is 2.29. The van der Waals surface area contributed by atoms with Gasteiger partial charge in [-0.15, -0.1) is 0 Å². The summed E-state index contributed by atoms with van der Waals surface area (Å²) < 4.78 is 19.0. The lowest BCUT2D eigenvalue weighted by atomic mass is 10.1. The standard InChI is InChI=1S/C17H25FN2O2/c1-5-14(11-6-7-11)19-12-8-9-13(18)15(10-12)20-16(21)22-17(2,3)4/h8-11,14,19H,5-7H2,1-4H3,(H,20,21). The van der Waals surface area contributed by atoms with Gasteiger partial charge in [0.1, 0.15) is 11.4 Å². The number of nitrogens with one attached hydrogen (secondary N) is 2. The number of amides is 1. The van der Waals surface area contributed by atoms with E-state index in [4.69, 9.17) is 4.74 Å². The monoisotopic (exact) mass is 308 g/mol. The summed E-state index contributed by atoms with van der Waals surface area (Å²) in [5.74, 6) is 0.230. The van der Waals surface area contributed by atoms with Gasteiger partial charge in [0.15, 0.2) is 0 Å².